The van der Waals surface area contributed by atoms with E-state index in [4.69, 9.17) is 14.6 Å². The van der Waals surface area contributed by atoms with Crippen molar-refractivity contribution in [2.45, 2.75) is 23.6 Å². The molecule has 1 N–H and O–H groups in total. The van der Waals surface area contributed by atoms with Crippen LogP contribution >= 0.6 is 11.8 Å². The second kappa shape index (κ2) is 11.8. The van der Waals surface area contributed by atoms with E-state index in [0.29, 0.717) is 10.5 Å². The molecule has 2 aromatic carbocycles. The number of carbonyl (C=O) groups is 4. The highest BCUT2D eigenvalue weighted by Crippen LogP contribution is 2.30. The number of ketones is 1. The molecule has 32 heavy (non-hydrogen) atoms. The zero-order valence-corrected chi connectivity index (χ0v) is 18.4. The maximum absolute atomic E-state index is 12.6. The van der Waals surface area contributed by atoms with Crippen molar-refractivity contribution in [3.63, 3.8) is 0 Å². The number of aliphatic hydroxyl groups is 1. The van der Waals surface area contributed by atoms with Crippen LogP contribution < -0.4 is 0 Å². The van der Waals surface area contributed by atoms with Crippen molar-refractivity contribution < 1.29 is 38.6 Å². The second-order valence-corrected chi connectivity index (χ2v) is 7.42. The van der Waals surface area contributed by atoms with Gasteiger partial charge in [-0.3, -0.25) is 4.79 Å². The van der Waals surface area contributed by atoms with E-state index in [9.17, 15) is 19.2 Å². The number of oxime groups is 1. The molecule has 0 aliphatic heterocycles. The number of hydrogen-bond donors (Lipinski definition) is 1. The molecule has 10 heteroatoms. The summed E-state index contributed by atoms with van der Waals surface area (Å²) in [7, 11) is 1.20. The Morgan fingerprint density at radius 2 is 1.59 bits per heavy atom. The number of Topliss-reactive ketones (excluding diaryl/α,β-unsaturated/α-hetero) is 1. The lowest BCUT2D eigenvalue weighted by atomic mass is 10.0. The number of hydrogen-bond acceptors (Lipinski definition) is 10. The highest BCUT2D eigenvalue weighted by atomic mass is 32.2. The maximum Gasteiger partial charge on any atom is 0.338 e. The molecular weight excluding hydrogens is 438 g/mol. The molecule has 0 amide bonds. The van der Waals surface area contributed by atoms with E-state index in [1.165, 1.54) is 37.9 Å². The third-order valence-corrected chi connectivity index (χ3v) is 4.93. The predicted molar refractivity (Wildman–Crippen MR) is 115 cm³/mol. The Bertz CT molecular complexity index is 1050. The Kier molecular flexibility index (Phi) is 9.11. The molecule has 0 radical (unpaired) electrons. The largest absolute Gasteiger partial charge is 0.465 e. The van der Waals surface area contributed by atoms with Gasteiger partial charge in [0.15, 0.2) is 0 Å². The van der Waals surface area contributed by atoms with Crippen LogP contribution in [0.3, 0.4) is 0 Å². The Balaban J connectivity index is 2.26. The molecule has 0 aliphatic rings. The van der Waals surface area contributed by atoms with E-state index in [-0.39, 0.29) is 30.1 Å². The third-order valence-electron chi connectivity index (χ3n) is 3.93. The number of benzene rings is 2. The molecule has 0 aromatic heterocycles. The molecule has 0 aliphatic carbocycles. The summed E-state index contributed by atoms with van der Waals surface area (Å²) in [5.41, 5.74) is 0.316. The number of carbonyl (C=O) groups excluding carboxylic acids is 4. The van der Waals surface area contributed by atoms with Gasteiger partial charge in [0.25, 0.3) is 0 Å². The van der Waals surface area contributed by atoms with Gasteiger partial charge in [-0.2, -0.15) is 0 Å². The minimum Gasteiger partial charge on any atom is -0.465 e. The average molecular weight is 459 g/mol. The minimum absolute atomic E-state index is 0.0316. The summed E-state index contributed by atoms with van der Waals surface area (Å²) < 4.78 is 9.65. The molecule has 0 spiro atoms. The predicted octanol–water partition coefficient (Wildman–Crippen LogP) is 2.90. The van der Waals surface area contributed by atoms with E-state index in [0.717, 1.165) is 11.8 Å². The molecule has 0 saturated carbocycles. The van der Waals surface area contributed by atoms with Crippen LogP contribution in [-0.4, -0.2) is 54.8 Å². The molecule has 0 fully saturated rings. The summed E-state index contributed by atoms with van der Waals surface area (Å²) in [6, 6.07) is 11.2. The van der Waals surface area contributed by atoms with Crippen molar-refractivity contribution in [1.29, 1.82) is 0 Å². The lowest BCUT2D eigenvalue weighted by molar-refractivity contribution is -0.140. The lowest BCUT2D eigenvalue weighted by Gasteiger charge is -2.10. The van der Waals surface area contributed by atoms with Gasteiger partial charge in [0, 0.05) is 22.3 Å². The zero-order chi connectivity index (χ0) is 23.7. The van der Waals surface area contributed by atoms with Gasteiger partial charge in [0.2, 0.25) is 5.78 Å². The van der Waals surface area contributed by atoms with Crippen molar-refractivity contribution in [1.82, 2.24) is 0 Å². The van der Waals surface area contributed by atoms with Crippen molar-refractivity contribution in [2.75, 3.05) is 20.3 Å². The highest BCUT2D eigenvalue weighted by molar-refractivity contribution is 7.99. The first-order valence-corrected chi connectivity index (χ1v) is 10.1. The number of ether oxygens (including phenoxy) is 2. The fourth-order valence-corrected chi connectivity index (χ4v) is 3.31. The van der Waals surface area contributed by atoms with Gasteiger partial charge in [-0.15, -0.1) is 0 Å². The standard InChI is InChI=1S/C22H21NO8S/c1-13(23-31-14(2)25)20(26)18-9-8-17(12-19(18)22(28)29-3)32-16-6-4-15(5-7-16)21(27)30-11-10-24/h4-9,12,24H,10-11H2,1-3H3. The number of esters is 2. The van der Waals surface area contributed by atoms with Gasteiger partial charge in [0.1, 0.15) is 12.3 Å². The van der Waals surface area contributed by atoms with Crippen molar-refractivity contribution in [3.8, 4) is 0 Å². The van der Waals surface area contributed by atoms with Crippen molar-refractivity contribution in [2.24, 2.45) is 5.16 Å². The summed E-state index contributed by atoms with van der Waals surface area (Å²) >= 11 is 1.30. The Morgan fingerprint density at radius 1 is 0.938 bits per heavy atom. The fraction of sp³-hybridized carbons (Fsp3) is 0.227. The van der Waals surface area contributed by atoms with Crippen LogP contribution in [0.4, 0.5) is 0 Å². The third kappa shape index (κ3) is 6.76. The summed E-state index contributed by atoms with van der Waals surface area (Å²) in [5, 5.41) is 12.2. The van der Waals surface area contributed by atoms with Gasteiger partial charge in [-0.05, 0) is 49.4 Å². The van der Waals surface area contributed by atoms with Gasteiger partial charge in [-0.1, -0.05) is 16.9 Å². The first-order chi connectivity index (χ1) is 15.3. The van der Waals surface area contributed by atoms with Gasteiger partial charge < -0.3 is 19.4 Å². The molecule has 168 valence electrons. The molecule has 0 heterocycles. The minimum atomic E-state index is -0.710. The van der Waals surface area contributed by atoms with Crippen LogP contribution in [0, 0.1) is 0 Å². The Morgan fingerprint density at radius 3 is 2.19 bits per heavy atom. The maximum atomic E-state index is 12.6. The van der Waals surface area contributed by atoms with Gasteiger partial charge in [-0.25, -0.2) is 14.4 Å². The van der Waals surface area contributed by atoms with E-state index < -0.39 is 23.7 Å². The molecule has 0 atom stereocenters. The van der Waals surface area contributed by atoms with E-state index >= 15 is 0 Å². The Hall–Kier alpha value is -3.50. The number of aliphatic hydroxyl groups excluding tert-OH is 1. The first kappa shape index (κ1) is 24.8. The van der Waals surface area contributed by atoms with Crippen LogP contribution in [0.15, 0.2) is 57.4 Å². The zero-order valence-electron chi connectivity index (χ0n) is 17.6. The molecular formula is C22H21NO8S. The van der Waals surface area contributed by atoms with Gasteiger partial charge in [0.05, 0.1) is 24.8 Å². The molecule has 9 nitrogen and oxygen atoms in total. The van der Waals surface area contributed by atoms with Crippen LogP contribution in [-0.2, 0) is 19.1 Å². The molecule has 0 bridgehead atoms. The van der Waals surface area contributed by atoms with Crippen LogP contribution in [0.2, 0.25) is 0 Å². The molecule has 2 rings (SSSR count). The summed E-state index contributed by atoms with van der Waals surface area (Å²) in [6.07, 6.45) is 0. The summed E-state index contributed by atoms with van der Waals surface area (Å²) in [6.45, 7) is 2.18. The van der Waals surface area contributed by atoms with E-state index in [1.54, 1.807) is 30.3 Å². The van der Waals surface area contributed by atoms with E-state index in [2.05, 4.69) is 9.99 Å². The molecule has 0 saturated heterocycles. The normalized spacial score (nSPS) is 10.9. The quantitative estimate of drug-likeness (QED) is 0.198. The van der Waals surface area contributed by atoms with Crippen LogP contribution in [0.1, 0.15) is 44.9 Å². The van der Waals surface area contributed by atoms with Crippen LogP contribution in [0.5, 0.6) is 0 Å². The summed E-state index contributed by atoms with van der Waals surface area (Å²) in [5.74, 6) is -2.52. The number of rotatable bonds is 9. The van der Waals surface area contributed by atoms with Crippen molar-refractivity contribution >= 4 is 41.2 Å². The smallest absolute Gasteiger partial charge is 0.338 e. The van der Waals surface area contributed by atoms with Crippen LogP contribution in [0.25, 0.3) is 0 Å². The van der Waals surface area contributed by atoms with Crippen molar-refractivity contribution in [3.05, 3.63) is 59.2 Å². The monoisotopic (exact) mass is 459 g/mol. The SMILES string of the molecule is COC(=O)c1cc(Sc2ccc(C(=O)OCCO)cc2)ccc1C(=O)C(C)=NOC(C)=O. The highest BCUT2D eigenvalue weighted by Gasteiger charge is 2.21. The van der Waals surface area contributed by atoms with Gasteiger partial charge >= 0.3 is 17.9 Å². The molecule has 2 aromatic rings. The van der Waals surface area contributed by atoms with E-state index in [1.807, 2.05) is 0 Å². The first-order valence-electron chi connectivity index (χ1n) is 9.32. The average Bonchev–Trinajstić information content (AvgIpc) is 2.80. The molecule has 0 unspecified atom stereocenters. The second-order valence-electron chi connectivity index (χ2n) is 6.27. The lowest BCUT2D eigenvalue weighted by Crippen LogP contribution is -2.17. The Labute approximate surface area is 188 Å². The fourth-order valence-electron chi connectivity index (χ4n) is 2.45. The number of nitrogens with zero attached hydrogens (tertiary/aromatic N) is 1. The number of methoxy groups -OCH3 is 1. The topological polar surface area (TPSA) is 129 Å². The summed E-state index contributed by atoms with van der Waals surface area (Å²) in [4.78, 5) is 53.5.